The molecule has 14 heavy (non-hydrogen) atoms. The highest BCUT2D eigenvalue weighted by Crippen LogP contribution is 2.11. The summed E-state index contributed by atoms with van der Waals surface area (Å²) in [5.41, 5.74) is 6.00. The molecular formula is C12H21NO. The van der Waals surface area contributed by atoms with E-state index < -0.39 is 0 Å². The molecule has 1 unspecified atom stereocenters. The number of hydrogen-bond donors (Lipinski definition) is 1. The summed E-state index contributed by atoms with van der Waals surface area (Å²) in [4.78, 5) is 0. The van der Waals surface area contributed by atoms with Crippen molar-refractivity contribution in [3.8, 4) is 0 Å². The van der Waals surface area contributed by atoms with Crippen molar-refractivity contribution >= 4 is 0 Å². The van der Waals surface area contributed by atoms with Crippen LogP contribution in [0.1, 0.15) is 38.9 Å². The Bertz CT molecular complexity index is 228. The molecule has 0 radical (unpaired) electrons. The van der Waals surface area contributed by atoms with E-state index in [1.165, 1.54) is 6.42 Å². The molecule has 0 amide bonds. The topological polar surface area (TPSA) is 39.2 Å². The van der Waals surface area contributed by atoms with E-state index in [0.29, 0.717) is 6.04 Å². The van der Waals surface area contributed by atoms with Gasteiger partial charge in [-0.2, -0.15) is 0 Å². The second kappa shape index (κ2) is 5.86. The smallest absolute Gasteiger partial charge is 0.103 e. The first-order valence-corrected chi connectivity index (χ1v) is 5.46. The molecule has 1 heterocycles. The lowest BCUT2D eigenvalue weighted by Crippen LogP contribution is -2.21. The predicted molar refractivity (Wildman–Crippen MR) is 59.1 cm³/mol. The average molecular weight is 195 g/mol. The standard InChI is InChI=1S/C12H21NO/c1-10(2)5-6-11(13)7-8-12-4-3-9-14-12/h3-4,9-11H,5-8,13H2,1-2H3. The van der Waals surface area contributed by atoms with Gasteiger partial charge in [-0.05, 0) is 37.3 Å². The minimum absolute atomic E-state index is 0.322. The van der Waals surface area contributed by atoms with Gasteiger partial charge in [0.05, 0.1) is 6.26 Å². The zero-order valence-electron chi connectivity index (χ0n) is 9.20. The van der Waals surface area contributed by atoms with Crippen LogP contribution >= 0.6 is 0 Å². The molecule has 0 bridgehead atoms. The molecule has 2 heteroatoms. The van der Waals surface area contributed by atoms with E-state index in [4.69, 9.17) is 10.2 Å². The van der Waals surface area contributed by atoms with Gasteiger partial charge in [0.15, 0.2) is 0 Å². The average Bonchev–Trinajstić information content (AvgIpc) is 2.63. The Morgan fingerprint density at radius 2 is 2.07 bits per heavy atom. The summed E-state index contributed by atoms with van der Waals surface area (Å²) in [7, 11) is 0. The van der Waals surface area contributed by atoms with Crippen LogP contribution in [0.2, 0.25) is 0 Å². The van der Waals surface area contributed by atoms with Crippen molar-refractivity contribution in [3.05, 3.63) is 24.2 Å². The SMILES string of the molecule is CC(C)CCC(N)CCc1ccco1. The van der Waals surface area contributed by atoms with Crippen molar-refractivity contribution in [1.82, 2.24) is 0 Å². The lowest BCUT2D eigenvalue weighted by molar-refractivity contribution is 0.449. The third kappa shape index (κ3) is 4.47. The van der Waals surface area contributed by atoms with Gasteiger partial charge in [0.2, 0.25) is 0 Å². The molecule has 0 spiro atoms. The van der Waals surface area contributed by atoms with Crippen LogP contribution in [-0.4, -0.2) is 6.04 Å². The number of furan rings is 1. The molecule has 1 atom stereocenters. The summed E-state index contributed by atoms with van der Waals surface area (Å²) >= 11 is 0. The molecule has 0 saturated heterocycles. The van der Waals surface area contributed by atoms with Crippen LogP contribution in [0.25, 0.3) is 0 Å². The van der Waals surface area contributed by atoms with Gasteiger partial charge in [-0.25, -0.2) is 0 Å². The summed E-state index contributed by atoms with van der Waals surface area (Å²) in [5, 5.41) is 0. The Labute approximate surface area is 86.5 Å². The predicted octanol–water partition coefficient (Wildman–Crippen LogP) is 2.98. The van der Waals surface area contributed by atoms with E-state index in [2.05, 4.69) is 13.8 Å². The Morgan fingerprint density at radius 3 is 2.64 bits per heavy atom. The van der Waals surface area contributed by atoms with Crippen molar-refractivity contribution in [3.63, 3.8) is 0 Å². The Hall–Kier alpha value is -0.760. The molecule has 1 rings (SSSR count). The molecule has 2 nitrogen and oxygen atoms in total. The van der Waals surface area contributed by atoms with Gasteiger partial charge in [0.1, 0.15) is 5.76 Å². The van der Waals surface area contributed by atoms with E-state index in [1.54, 1.807) is 6.26 Å². The summed E-state index contributed by atoms with van der Waals surface area (Å²) in [5.74, 6) is 1.80. The molecular weight excluding hydrogens is 174 g/mol. The number of hydrogen-bond acceptors (Lipinski definition) is 2. The summed E-state index contributed by atoms with van der Waals surface area (Å²) < 4.78 is 5.25. The first-order chi connectivity index (χ1) is 6.68. The van der Waals surface area contributed by atoms with E-state index in [-0.39, 0.29) is 0 Å². The zero-order chi connectivity index (χ0) is 10.4. The monoisotopic (exact) mass is 195 g/mol. The van der Waals surface area contributed by atoms with Gasteiger partial charge >= 0.3 is 0 Å². The highest BCUT2D eigenvalue weighted by atomic mass is 16.3. The molecule has 2 N–H and O–H groups in total. The maximum atomic E-state index is 6.00. The molecule has 0 aliphatic carbocycles. The fourth-order valence-corrected chi connectivity index (χ4v) is 1.47. The summed E-state index contributed by atoms with van der Waals surface area (Å²) in [6, 6.07) is 4.26. The van der Waals surface area contributed by atoms with Gasteiger partial charge in [-0.3, -0.25) is 0 Å². The highest BCUT2D eigenvalue weighted by molar-refractivity contribution is 4.98. The lowest BCUT2D eigenvalue weighted by atomic mass is 10.0. The van der Waals surface area contributed by atoms with Crippen molar-refractivity contribution in [1.29, 1.82) is 0 Å². The van der Waals surface area contributed by atoms with Crippen LogP contribution in [0.3, 0.4) is 0 Å². The first-order valence-electron chi connectivity index (χ1n) is 5.46. The van der Waals surface area contributed by atoms with Gasteiger partial charge in [0.25, 0.3) is 0 Å². The van der Waals surface area contributed by atoms with Crippen molar-refractivity contribution < 1.29 is 4.42 Å². The Morgan fingerprint density at radius 1 is 1.29 bits per heavy atom. The minimum Gasteiger partial charge on any atom is -0.469 e. The van der Waals surface area contributed by atoms with Crippen LogP contribution in [0.5, 0.6) is 0 Å². The van der Waals surface area contributed by atoms with Crippen LogP contribution < -0.4 is 5.73 Å². The van der Waals surface area contributed by atoms with E-state index in [9.17, 15) is 0 Å². The van der Waals surface area contributed by atoms with E-state index in [0.717, 1.165) is 30.9 Å². The summed E-state index contributed by atoms with van der Waals surface area (Å²) in [6.07, 6.45) is 6.05. The van der Waals surface area contributed by atoms with E-state index >= 15 is 0 Å². The molecule has 1 aromatic heterocycles. The maximum absolute atomic E-state index is 6.00. The third-order valence-corrected chi connectivity index (χ3v) is 2.46. The molecule has 0 saturated carbocycles. The number of aryl methyl sites for hydroxylation is 1. The molecule has 80 valence electrons. The number of rotatable bonds is 6. The normalized spacial score (nSPS) is 13.4. The second-order valence-corrected chi connectivity index (χ2v) is 4.35. The quantitative estimate of drug-likeness (QED) is 0.758. The van der Waals surface area contributed by atoms with Crippen molar-refractivity contribution in [2.75, 3.05) is 0 Å². The molecule has 1 aromatic rings. The summed E-state index contributed by atoms with van der Waals surface area (Å²) in [6.45, 7) is 4.47. The molecule has 0 fully saturated rings. The van der Waals surface area contributed by atoms with Gasteiger partial charge in [-0.1, -0.05) is 13.8 Å². The second-order valence-electron chi connectivity index (χ2n) is 4.35. The van der Waals surface area contributed by atoms with Gasteiger partial charge in [-0.15, -0.1) is 0 Å². The molecule has 0 aliphatic rings. The molecule has 0 aliphatic heterocycles. The largest absolute Gasteiger partial charge is 0.469 e. The molecule has 0 aromatic carbocycles. The fourth-order valence-electron chi connectivity index (χ4n) is 1.47. The lowest BCUT2D eigenvalue weighted by Gasteiger charge is -2.11. The van der Waals surface area contributed by atoms with Crippen LogP contribution in [-0.2, 0) is 6.42 Å². The van der Waals surface area contributed by atoms with Crippen LogP contribution in [0.15, 0.2) is 22.8 Å². The zero-order valence-corrected chi connectivity index (χ0v) is 9.20. The van der Waals surface area contributed by atoms with Gasteiger partial charge in [0, 0.05) is 12.5 Å². The Kier molecular flexibility index (Phi) is 4.74. The Balaban J connectivity index is 2.12. The number of nitrogens with two attached hydrogens (primary N) is 1. The highest BCUT2D eigenvalue weighted by Gasteiger charge is 2.05. The first kappa shape index (κ1) is 11.3. The van der Waals surface area contributed by atoms with Crippen molar-refractivity contribution in [2.24, 2.45) is 11.7 Å². The third-order valence-electron chi connectivity index (χ3n) is 2.46. The van der Waals surface area contributed by atoms with E-state index in [1.807, 2.05) is 12.1 Å². The van der Waals surface area contributed by atoms with Crippen LogP contribution in [0, 0.1) is 5.92 Å². The maximum Gasteiger partial charge on any atom is 0.103 e. The van der Waals surface area contributed by atoms with Crippen LogP contribution in [0.4, 0.5) is 0 Å². The fraction of sp³-hybridized carbons (Fsp3) is 0.667. The minimum atomic E-state index is 0.322. The van der Waals surface area contributed by atoms with Crippen molar-refractivity contribution in [2.45, 2.75) is 45.6 Å². The van der Waals surface area contributed by atoms with Gasteiger partial charge < -0.3 is 10.2 Å².